The van der Waals surface area contributed by atoms with E-state index < -0.39 is 0 Å². The normalized spacial score (nSPS) is 31.1. The zero-order chi connectivity index (χ0) is 8.10. The largest absolute Gasteiger partial charge is 0.384 e. The second-order valence-electron chi connectivity index (χ2n) is 3.46. The molecule has 2 heteroatoms. The smallest absolute Gasteiger partial charge is 0.0490 e. The fraction of sp³-hybridized carbons (Fsp3) is 1.00. The van der Waals surface area contributed by atoms with Crippen LogP contribution in [0.4, 0.5) is 0 Å². The zero-order valence-corrected chi connectivity index (χ0v) is 7.51. The molecule has 0 bridgehead atoms. The van der Waals surface area contributed by atoms with Gasteiger partial charge in [-0.1, -0.05) is 0 Å². The van der Waals surface area contributed by atoms with Gasteiger partial charge in [-0.3, -0.25) is 0 Å². The Bertz CT molecular complexity index is 91.7. The van der Waals surface area contributed by atoms with Gasteiger partial charge in [0, 0.05) is 27.4 Å². The Balaban J connectivity index is 2.12. The van der Waals surface area contributed by atoms with Crippen molar-refractivity contribution in [3.63, 3.8) is 0 Å². The summed E-state index contributed by atoms with van der Waals surface area (Å²) in [5.74, 6) is 1.58. The van der Waals surface area contributed by atoms with Gasteiger partial charge in [0.25, 0.3) is 0 Å². The molecule has 2 nitrogen and oxygen atoms in total. The van der Waals surface area contributed by atoms with E-state index in [1.54, 1.807) is 14.2 Å². The van der Waals surface area contributed by atoms with Gasteiger partial charge in [0.15, 0.2) is 0 Å². The molecule has 0 aromatic carbocycles. The van der Waals surface area contributed by atoms with E-state index in [2.05, 4.69) is 0 Å². The molecule has 2 unspecified atom stereocenters. The Morgan fingerprint density at radius 2 is 1.45 bits per heavy atom. The van der Waals surface area contributed by atoms with Crippen molar-refractivity contribution in [2.75, 3.05) is 27.4 Å². The molecule has 0 aromatic rings. The molecule has 1 saturated carbocycles. The first-order valence-corrected chi connectivity index (χ1v) is 4.34. The number of hydrogen-bond donors (Lipinski definition) is 0. The number of rotatable bonds is 4. The van der Waals surface area contributed by atoms with Crippen molar-refractivity contribution in [1.82, 2.24) is 0 Å². The molecule has 0 amide bonds. The van der Waals surface area contributed by atoms with Crippen molar-refractivity contribution < 1.29 is 9.47 Å². The molecular formula is C9H18O2. The van der Waals surface area contributed by atoms with Crippen LogP contribution in [0.25, 0.3) is 0 Å². The minimum atomic E-state index is 0.792. The molecule has 66 valence electrons. The summed E-state index contributed by atoms with van der Waals surface area (Å²) in [6.07, 6.45) is 3.94. The van der Waals surface area contributed by atoms with E-state index >= 15 is 0 Å². The van der Waals surface area contributed by atoms with Crippen LogP contribution in [0.15, 0.2) is 0 Å². The molecule has 0 spiro atoms. The number of ether oxygens (including phenoxy) is 2. The lowest BCUT2D eigenvalue weighted by Crippen LogP contribution is -2.06. The van der Waals surface area contributed by atoms with Gasteiger partial charge in [0.2, 0.25) is 0 Å². The molecule has 0 N–H and O–H groups in total. The Labute approximate surface area is 68.9 Å². The fourth-order valence-electron chi connectivity index (χ4n) is 1.95. The Morgan fingerprint density at radius 3 is 1.82 bits per heavy atom. The first-order chi connectivity index (χ1) is 5.36. The van der Waals surface area contributed by atoms with E-state index in [4.69, 9.17) is 9.47 Å². The molecule has 1 fully saturated rings. The third-order valence-electron chi connectivity index (χ3n) is 2.45. The summed E-state index contributed by atoms with van der Waals surface area (Å²) < 4.78 is 10.2. The van der Waals surface area contributed by atoms with Crippen LogP contribution >= 0.6 is 0 Å². The monoisotopic (exact) mass is 158 g/mol. The van der Waals surface area contributed by atoms with Crippen LogP contribution in [-0.2, 0) is 9.47 Å². The van der Waals surface area contributed by atoms with Crippen LogP contribution < -0.4 is 0 Å². The quantitative estimate of drug-likeness (QED) is 0.620. The first kappa shape index (κ1) is 9.01. The zero-order valence-electron chi connectivity index (χ0n) is 7.51. The van der Waals surface area contributed by atoms with Crippen molar-refractivity contribution in [1.29, 1.82) is 0 Å². The summed E-state index contributed by atoms with van der Waals surface area (Å²) in [4.78, 5) is 0. The molecule has 0 aromatic heterocycles. The predicted molar refractivity (Wildman–Crippen MR) is 44.6 cm³/mol. The van der Waals surface area contributed by atoms with Crippen molar-refractivity contribution in [3.05, 3.63) is 0 Å². The van der Waals surface area contributed by atoms with Gasteiger partial charge in [0.1, 0.15) is 0 Å². The topological polar surface area (TPSA) is 18.5 Å². The Morgan fingerprint density at radius 1 is 1.00 bits per heavy atom. The minimum absolute atomic E-state index is 0.792. The maximum Gasteiger partial charge on any atom is 0.0490 e. The molecule has 11 heavy (non-hydrogen) atoms. The van der Waals surface area contributed by atoms with Crippen LogP contribution in [-0.4, -0.2) is 27.4 Å². The van der Waals surface area contributed by atoms with Crippen LogP contribution in [0.3, 0.4) is 0 Å². The van der Waals surface area contributed by atoms with Gasteiger partial charge in [-0.15, -0.1) is 0 Å². The van der Waals surface area contributed by atoms with Crippen LogP contribution in [0, 0.1) is 11.8 Å². The predicted octanol–water partition coefficient (Wildman–Crippen LogP) is 1.70. The van der Waals surface area contributed by atoms with Crippen molar-refractivity contribution in [2.24, 2.45) is 11.8 Å². The molecule has 0 aliphatic heterocycles. The van der Waals surface area contributed by atoms with E-state index in [0.29, 0.717) is 0 Å². The third kappa shape index (κ3) is 2.80. The maximum absolute atomic E-state index is 5.11. The van der Waals surface area contributed by atoms with E-state index in [1.165, 1.54) is 19.3 Å². The van der Waals surface area contributed by atoms with Crippen molar-refractivity contribution in [2.45, 2.75) is 19.3 Å². The maximum atomic E-state index is 5.11. The minimum Gasteiger partial charge on any atom is -0.384 e. The lowest BCUT2D eigenvalue weighted by molar-refractivity contribution is 0.134. The second kappa shape index (κ2) is 4.73. The van der Waals surface area contributed by atoms with Crippen LogP contribution in [0.1, 0.15) is 19.3 Å². The lowest BCUT2D eigenvalue weighted by atomic mass is 10.1. The van der Waals surface area contributed by atoms with Gasteiger partial charge in [-0.25, -0.2) is 0 Å². The van der Waals surface area contributed by atoms with Gasteiger partial charge in [-0.05, 0) is 31.1 Å². The highest BCUT2D eigenvalue weighted by Gasteiger charge is 2.23. The Hall–Kier alpha value is -0.0800. The van der Waals surface area contributed by atoms with Crippen LogP contribution in [0.2, 0.25) is 0 Å². The highest BCUT2D eigenvalue weighted by Crippen LogP contribution is 2.30. The molecule has 0 saturated heterocycles. The standard InChI is InChI=1S/C9H18O2/c1-10-6-8-3-4-9(5-8)7-11-2/h8-9H,3-7H2,1-2H3. The lowest BCUT2D eigenvalue weighted by Gasteiger charge is -2.08. The van der Waals surface area contributed by atoms with Crippen molar-refractivity contribution in [3.8, 4) is 0 Å². The fourth-order valence-corrected chi connectivity index (χ4v) is 1.95. The molecule has 1 rings (SSSR count). The number of methoxy groups -OCH3 is 2. The third-order valence-corrected chi connectivity index (χ3v) is 2.45. The average molecular weight is 158 g/mol. The van der Waals surface area contributed by atoms with Gasteiger partial charge in [0.05, 0.1) is 0 Å². The van der Waals surface area contributed by atoms with Gasteiger partial charge >= 0.3 is 0 Å². The summed E-state index contributed by atoms with van der Waals surface area (Å²) in [5, 5.41) is 0. The van der Waals surface area contributed by atoms with Gasteiger partial charge in [-0.2, -0.15) is 0 Å². The molecular weight excluding hydrogens is 140 g/mol. The van der Waals surface area contributed by atoms with Crippen LogP contribution in [0.5, 0.6) is 0 Å². The summed E-state index contributed by atoms with van der Waals surface area (Å²) in [7, 11) is 3.56. The number of hydrogen-bond acceptors (Lipinski definition) is 2. The van der Waals surface area contributed by atoms with E-state index in [1.807, 2.05) is 0 Å². The molecule has 2 atom stereocenters. The molecule has 1 aliphatic carbocycles. The Kier molecular flexibility index (Phi) is 3.87. The highest BCUT2D eigenvalue weighted by atomic mass is 16.5. The summed E-state index contributed by atoms with van der Waals surface area (Å²) in [5.41, 5.74) is 0. The summed E-state index contributed by atoms with van der Waals surface area (Å²) >= 11 is 0. The van der Waals surface area contributed by atoms with Gasteiger partial charge < -0.3 is 9.47 Å². The van der Waals surface area contributed by atoms with E-state index in [-0.39, 0.29) is 0 Å². The van der Waals surface area contributed by atoms with Crippen molar-refractivity contribution >= 4 is 0 Å². The summed E-state index contributed by atoms with van der Waals surface area (Å²) in [6, 6.07) is 0. The van der Waals surface area contributed by atoms with E-state index in [0.717, 1.165) is 25.0 Å². The first-order valence-electron chi connectivity index (χ1n) is 4.34. The second-order valence-corrected chi connectivity index (χ2v) is 3.46. The molecule has 1 aliphatic rings. The highest BCUT2D eigenvalue weighted by molar-refractivity contribution is 4.74. The molecule has 0 radical (unpaired) electrons. The average Bonchev–Trinajstić information content (AvgIpc) is 2.38. The summed E-state index contributed by atoms with van der Waals surface area (Å²) in [6.45, 7) is 1.86. The molecule has 0 heterocycles. The SMILES string of the molecule is COCC1CCC(COC)C1. The van der Waals surface area contributed by atoms with E-state index in [9.17, 15) is 0 Å².